The molecule has 2 N–H and O–H groups in total. The number of carbonyl (C=O) groups is 1. The fraction of sp³-hybridized carbons (Fsp3) is 0.692. The zero-order chi connectivity index (χ0) is 14.4. The summed E-state index contributed by atoms with van der Waals surface area (Å²) < 4.78 is 0. The van der Waals surface area contributed by atoms with E-state index in [1.54, 1.807) is 0 Å². The zero-order valence-corrected chi connectivity index (χ0v) is 12.5. The first-order chi connectivity index (χ1) is 8.99. The van der Waals surface area contributed by atoms with Crippen molar-refractivity contribution in [3.63, 3.8) is 0 Å². The lowest BCUT2D eigenvalue weighted by atomic mass is 10.1. The monoisotopic (exact) mass is 286 g/mol. The molecular formula is C13H22N2O3S. The first-order valence-electron chi connectivity index (χ1n) is 6.55. The maximum atomic E-state index is 11.2. The minimum absolute atomic E-state index is 0.121. The minimum Gasteiger partial charge on any atom is -0.477 e. The smallest absolute Gasteiger partial charge is 0.347 e. The van der Waals surface area contributed by atoms with Crippen LogP contribution < -0.4 is 0 Å². The summed E-state index contributed by atoms with van der Waals surface area (Å²) in [5, 5.41) is 18.9. The Morgan fingerprint density at radius 3 is 2.53 bits per heavy atom. The molecule has 0 unspecified atom stereocenters. The first kappa shape index (κ1) is 16.1. The molecular weight excluding hydrogens is 264 g/mol. The van der Waals surface area contributed by atoms with Gasteiger partial charge in [-0.25, -0.2) is 9.78 Å². The summed E-state index contributed by atoms with van der Waals surface area (Å²) in [6, 6.07) is 0. The number of carboxylic acids is 1. The van der Waals surface area contributed by atoms with Gasteiger partial charge in [0.1, 0.15) is 4.88 Å². The van der Waals surface area contributed by atoms with Gasteiger partial charge in [0, 0.05) is 19.5 Å². The minimum atomic E-state index is -0.893. The Kier molecular flexibility index (Phi) is 6.41. The third kappa shape index (κ3) is 4.56. The SMILES string of the molecule is CCN(CCO)CCc1nc(C(C)C)c(C(=O)O)s1. The molecule has 6 heteroatoms. The van der Waals surface area contributed by atoms with Gasteiger partial charge >= 0.3 is 5.97 Å². The maximum absolute atomic E-state index is 11.2. The molecule has 0 saturated carbocycles. The molecule has 0 spiro atoms. The molecule has 0 aromatic carbocycles. The van der Waals surface area contributed by atoms with E-state index in [0.717, 1.165) is 24.5 Å². The van der Waals surface area contributed by atoms with Crippen LogP contribution in [0.4, 0.5) is 0 Å². The van der Waals surface area contributed by atoms with Crippen molar-refractivity contribution in [3.8, 4) is 0 Å². The van der Waals surface area contributed by atoms with E-state index in [0.29, 0.717) is 17.1 Å². The summed E-state index contributed by atoms with van der Waals surface area (Å²) in [7, 11) is 0. The van der Waals surface area contributed by atoms with E-state index < -0.39 is 5.97 Å². The van der Waals surface area contributed by atoms with Crippen molar-refractivity contribution >= 4 is 17.3 Å². The predicted octanol–water partition coefficient (Wildman–Crippen LogP) is 1.82. The molecule has 0 aliphatic rings. The average molecular weight is 286 g/mol. The van der Waals surface area contributed by atoms with Gasteiger partial charge in [0.15, 0.2) is 0 Å². The summed E-state index contributed by atoms with van der Waals surface area (Å²) in [5.74, 6) is -0.772. The van der Waals surface area contributed by atoms with Crippen LogP contribution in [0.25, 0.3) is 0 Å². The fourth-order valence-corrected chi connectivity index (χ4v) is 2.90. The summed E-state index contributed by atoms with van der Waals surface area (Å²) in [6.07, 6.45) is 0.728. The quantitative estimate of drug-likeness (QED) is 0.762. The van der Waals surface area contributed by atoms with Gasteiger partial charge in [-0.15, -0.1) is 11.3 Å². The lowest BCUT2D eigenvalue weighted by molar-refractivity contribution is 0.0700. The zero-order valence-electron chi connectivity index (χ0n) is 11.7. The van der Waals surface area contributed by atoms with Crippen LogP contribution in [0.15, 0.2) is 0 Å². The van der Waals surface area contributed by atoms with Gasteiger partial charge in [-0.05, 0) is 12.5 Å². The highest BCUT2D eigenvalue weighted by Gasteiger charge is 2.19. The summed E-state index contributed by atoms with van der Waals surface area (Å²) >= 11 is 1.27. The highest BCUT2D eigenvalue weighted by atomic mass is 32.1. The second-order valence-corrected chi connectivity index (χ2v) is 5.77. The summed E-state index contributed by atoms with van der Waals surface area (Å²) in [5.41, 5.74) is 0.678. The number of nitrogens with zero attached hydrogens (tertiary/aromatic N) is 2. The van der Waals surface area contributed by atoms with E-state index >= 15 is 0 Å². The van der Waals surface area contributed by atoms with Crippen molar-refractivity contribution < 1.29 is 15.0 Å². The number of aliphatic hydroxyl groups excluding tert-OH is 1. The van der Waals surface area contributed by atoms with Crippen molar-refractivity contribution in [1.82, 2.24) is 9.88 Å². The van der Waals surface area contributed by atoms with Gasteiger partial charge in [-0.3, -0.25) is 0 Å². The van der Waals surface area contributed by atoms with E-state index in [4.69, 9.17) is 10.2 Å². The topological polar surface area (TPSA) is 73.7 Å². The van der Waals surface area contributed by atoms with Gasteiger partial charge in [-0.1, -0.05) is 20.8 Å². The van der Waals surface area contributed by atoms with E-state index in [9.17, 15) is 4.79 Å². The first-order valence-corrected chi connectivity index (χ1v) is 7.37. The number of likely N-dealkylation sites (N-methyl/N-ethyl adjacent to an activating group) is 1. The van der Waals surface area contributed by atoms with Gasteiger partial charge in [0.05, 0.1) is 17.3 Å². The van der Waals surface area contributed by atoms with Gasteiger partial charge in [0.2, 0.25) is 0 Å². The van der Waals surface area contributed by atoms with Crippen molar-refractivity contribution in [1.29, 1.82) is 0 Å². The lowest BCUT2D eigenvalue weighted by Gasteiger charge is -2.17. The molecule has 1 aromatic heterocycles. The molecule has 5 nitrogen and oxygen atoms in total. The predicted molar refractivity (Wildman–Crippen MR) is 76.1 cm³/mol. The molecule has 0 aliphatic carbocycles. The number of hydrogen-bond acceptors (Lipinski definition) is 5. The van der Waals surface area contributed by atoms with E-state index in [-0.39, 0.29) is 12.5 Å². The van der Waals surface area contributed by atoms with Crippen molar-refractivity contribution in [2.75, 3.05) is 26.2 Å². The van der Waals surface area contributed by atoms with Crippen LogP contribution in [0.2, 0.25) is 0 Å². The third-order valence-electron chi connectivity index (χ3n) is 2.94. The number of aromatic nitrogens is 1. The van der Waals surface area contributed by atoms with Gasteiger partial charge in [0.25, 0.3) is 0 Å². The molecule has 0 bridgehead atoms. The number of rotatable bonds is 8. The lowest BCUT2D eigenvalue weighted by Crippen LogP contribution is -2.28. The van der Waals surface area contributed by atoms with Crippen LogP contribution in [0.3, 0.4) is 0 Å². The Labute approximate surface area is 117 Å². The molecule has 108 valence electrons. The Hall–Kier alpha value is -0.980. The largest absolute Gasteiger partial charge is 0.477 e. The number of hydrogen-bond donors (Lipinski definition) is 2. The van der Waals surface area contributed by atoms with Crippen LogP contribution >= 0.6 is 11.3 Å². The summed E-state index contributed by atoms with van der Waals surface area (Å²) in [6.45, 7) is 8.40. The normalized spacial score (nSPS) is 11.5. The third-order valence-corrected chi connectivity index (χ3v) is 4.06. The number of carboxylic acid groups (broad SMARTS) is 1. The standard InChI is InChI=1S/C13H22N2O3S/c1-4-15(7-8-16)6-5-10-14-11(9(2)3)12(19-10)13(17)18/h9,16H,4-8H2,1-3H3,(H,17,18). The summed E-state index contributed by atoms with van der Waals surface area (Å²) in [4.78, 5) is 18.1. The van der Waals surface area contributed by atoms with Crippen LogP contribution in [-0.2, 0) is 6.42 Å². The number of aliphatic hydroxyl groups is 1. The molecule has 0 radical (unpaired) electrons. The second-order valence-electron chi connectivity index (χ2n) is 4.69. The van der Waals surface area contributed by atoms with Crippen LogP contribution in [0.1, 0.15) is 47.1 Å². The van der Waals surface area contributed by atoms with Crippen LogP contribution in [0.5, 0.6) is 0 Å². The molecule has 0 saturated heterocycles. The average Bonchev–Trinajstić information content (AvgIpc) is 2.79. The van der Waals surface area contributed by atoms with Crippen molar-refractivity contribution in [2.24, 2.45) is 0 Å². The highest BCUT2D eigenvalue weighted by Crippen LogP contribution is 2.25. The van der Waals surface area contributed by atoms with E-state index in [1.165, 1.54) is 11.3 Å². The fourth-order valence-electron chi connectivity index (χ4n) is 1.85. The molecule has 0 atom stereocenters. The van der Waals surface area contributed by atoms with Crippen molar-refractivity contribution in [2.45, 2.75) is 33.1 Å². The number of thiazole rings is 1. The van der Waals surface area contributed by atoms with Crippen molar-refractivity contribution in [3.05, 3.63) is 15.6 Å². The van der Waals surface area contributed by atoms with Crippen LogP contribution in [0, 0.1) is 0 Å². The molecule has 1 aromatic rings. The van der Waals surface area contributed by atoms with E-state index in [1.807, 2.05) is 20.8 Å². The highest BCUT2D eigenvalue weighted by molar-refractivity contribution is 7.13. The maximum Gasteiger partial charge on any atom is 0.347 e. The Bertz CT molecular complexity index is 418. The Balaban J connectivity index is 2.74. The second kappa shape index (κ2) is 7.57. The van der Waals surface area contributed by atoms with Crippen LogP contribution in [-0.4, -0.2) is 52.3 Å². The molecule has 19 heavy (non-hydrogen) atoms. The Morgan fingerprint density at radius 2 is 2.11 bits per heavy atom. The molecule has 1 heterocycles. The molecule has 0 amide bonds. The van der Waals surface area contributed by atoms with E-state index in [2.05, 4.69) is 9.88 Å². The molecule has 0 aliphatic heterocycles. The molecule has 1 rings (SSSR count). The molecule has 0 fully saturated rings. The Morgan fingerprint density at radius 1 is 1.42 bits per heavy atom. The number of aromatic carboxylic acids is 1. The van der Waals surface area contributed by atoms with Gasteiger partial charge < -0.3 is 15.1 Å². The van der Waals surface area contributed by atoms with Gasteiger partial charge in [-0.2, -0.15) is 0 Å².